The monoisotopic (exact) mass is 266 g/mol. The van der Waals surface area contributed by atoms with Crippen LogP contribution in [0.2, 0.25) is 0 Å². The molecule has 0 fully saturated rings. The highest BCUT2D eigenvalue weighted by molar-refractivity contribution is 5.72. The Morgan fingerprint density at radius 1 is 1.42 bits per heavy atom. The molecule has 0 saturated heterocycles. The third kappa shape index (κ3) is 2.47. The topological polar surface area (TPSA) is 55.1 Å². The number of nitrogens with zero attached hydrogens (tertiary/aromatic N) is 2. The average Bonchev–Trinajstić information content (AvgIpc) is 2.57. The van der Waals surface area contributed by atoms with Crippen LogP contribution in [-0.2, 0) is 18.3 Å². The molecule has 1 heterocycles. The van der Waals surface area contributed by atoms with Crippen LogP contribution in [0.4, 0.5) is 8.78 Å². The molecule has 1 N–H and O–H groups in total. The van der Waals surface area contributed by atoms with E-state index in [0.29, 0.717) is 17.0 Å². The standard InChI is InChI=1S/C13H12F2N2O2/c1-7-11(6-12(18)19)16-17(2)13(7)9-5-8(14)3-4-10(9)15/h3-5H,6H2,1-2H3,(H,18,19). The number of carboxylic acids is 1. The second kappa shape index (κ2) is 4.79. The van der Waals surface area contributed by atoms with Crippen molar-refractivity contribution in [1.29, 1.82) is 0 Å². The Morgan fingerprint density at radius 2 is 2.11 bits per heavy atom. The van der Waals surface area contributed by atoms with Gasteiger partial charge in [-0.25, -0.2) is 8.78 Å². The van der Waals surface area contributed by atoms with Crippen molar-refractivity contribution in [2.45, 2.75) is 13.3 Å². The molecule has 1 aromatic heterocycles. The van der Waals surface area contributed by atoms with Gasteiger partial charge < -0.3 is 5.11 Å². The fourth-order valence-electron chi connectivity index (χ4n) is 2.05. The molecule has 19 heavy (non-hydrogen) atoms. The quantitative estimate of drug-likeness (QED) is 0.927. The Balaban J connectivity index is 2.59. The van der Waals surface area contributed by atoms with Crippen molar-refractivity contribution >= 4 is 5.97 Å². The molecule has 6 heteroatoms. The van der Waals surface area contributed by atoms with E-state index in [1.54, 1.807) is 14.0 Å². The molecular formula is C13H12F2N2O2. The smallest absolute Gasteiger partial charge is 0.309 e. The number of aromatic nitrogens is 2. The van der Waals surface area contributed by atoms with Gasteiger partial charge in [0.15, 0.2) is 0 Å². The predicted octanol–water partition coefficient (Wildman–Crippen LogP) is 2.30. The average molecular weight is 266 g/mol. The Hall–Kier alpha value is -2.24. The normalized spacial score (nSPS) is 10.7. The SMILES string of the molecule is Cc1c(CC(=O)O)nn(C)c1-c1cc(F)ccc1F. The van der Waals surface area contributed by atoms with E-state index in [2.05, 4.69) is 5.10 Å². The van der Waals surface area contributed by atoms with Gasteiger partial charge in [-0.3, -0.25) is 9.48 Å². The van der Waals surface area contributed by atoms with E-state index in [-0.39, 0.29) is 12.0 Å². The number of aliphatic carboxylic acids is 1. The van der Waals surface area contributed by atoms with Crippen LogP contribution in [0.1, 0.15) is 11.3 Å². The van der Waals surface area contributed by atoms with Gasteiger partial charge >= 0.3 is 5.97 Å². The second-order valence-electron chi connectivity index (χ2n) is 4.24. The lowest BCUT2D eigenvalue weighted by Gasteiger charge is -2.05. The molecule has 0 radical (unpaired) electrons. The molecule has 0 aliphatic carbocycles. The highest BCUT2D eigenvalue weighted by Crippen LogP contribution is 2.28. The summed E-state index contributed by atoms with van der Waals surface area (Å²) in [5, 5.41) is 12.8. The highest BCUT2D eigenvalue weighted by atomic mass is 19.1. The summed E-state index contributed by atoms with van der Waals surface area (Å²) < 4.78 is 28.4. The van der Waals surface area contributed by atoms with E-state index >= 15 is 0 Å². The van der Waals surface area contributed by atoms with Crippen molar-refractivity contribution in [3.8, 4) is 11.3 Å². The van der Waals surface area contributed by atoms with Crippen LogP contribution in [0.5, 0.6) is 0 Å². The first-order valence-electron chi connectivity index (χ1n) is 5.60. The molecule has 0 spiro atoms. The van der Waals surface area contributed by atoms with Crippen LogP contribution in [-0.4, -0.2) is 20.9 Å². The summed E-state index contributed by atoms with van der Waals surface area (Å²) in [7, 11) is 1.57. The summed E-state index contributed by atoms with van der Waals surface area (Å²) in [6.45, 7) is 1.64. The maximum absolute atomic E-state index is 13.8. The zero-order valence-corrected chi connectivity index (χ0v) is 10.4. The Kier molecular flexibility index (Phi) is 3.33. The summed E-state index contributed by atoms with van der Waals surface area (Å²) in [5.74, 6) is -2.15. The zero-order valence-electron chi connectivity index (χ0n) is 10.4. The van der Waals surface area contributed by atoms with Gasteiger partial charge in [-0.1, -0.05) is 0 Å². The first kappa shape index (κ1) is 13.2. The molecule has 0 bridgehead atoms. The van der Waals surface area contributed by atoms with Crippen molar-refractivity contribution in [2.75, 3.05) is 0 Å². The van der Waals surface area contributed by atoms with Crippen LogP contribution in [0.15, 0.2) is 18.2 Å². The van der Waals surface area contributed by atoms with Crippen LogP contribution < -0.4 is 0 Å². The van der Waals surface area contributed by atoms with E-state index in [0.717, 1.165) is 18.2 Å². The number of benzene rings is 1. The third-order valence-electron chi connectivity index (χ3n) is 2.88. The molecule has 2 aromatic rings. The number of hydrogen-bond acceptors (Lipinski definition) is 2. The van der Waals surface area contributed by atoms with E-state index in [9.17, 15) is 13.6 Å². The van der Waals surface area contributed by atoms with Gasteiger partial charge in [0.05, 0.1) is 17.8 Å². The molecule has 1 aromatic carbocycles. The first-order chi connectivity index (χ1) is 8.90. The van der Waals surface area contributed by atoms with Gasteiger partial charge in [0.2, 0.25) is 0 Å². The number of halogens is 2. The van der Waals surface area contributed by atoms with Crippen LogP contribution in [0.25, 0.3) is 11.3 Å². The molecule has 0 aliphatic rings. The largest absolute Gasteiger partial charge is 0.481 e. The maximum Gasteiger partial charge on any atom is 0.309 e. The number of carbonyl (C=O) groups is 1. The number of rotatable bonds is 3. The van der Waals surface area contributed by atoms with Crippen molar-refractivity contribution in [3.63, 3.8) is 0 Å². The molecule has 0 atom stereocenters. The van der Waals surface area contributed by atoms with E-state index in [1.807, 2.05) is 0 Å². The Labute approximate surface area is 108 Å². The summed E-state index contributed by atoms with van der Waals surface area (Å²) in [4.78, 5) is 10.7. The summed E-state index contributed by atoms with van der Waals surface area (Å²) in [5.41, 5.74) is 1.33. The summed E-state index contributed by atoms with van der Waals surface area (Å²) >= 11 is 0. The number of aryl methyl sites for hydroxylation is 1. The Morgan fingerprint density at radius 3 is 2.74 bits per heavy atom. The molecule has 4 nitrogen and oxygen atoms in total. The minimum Gasteiger partial charge on any atom is -0.481 e. The van der Waals surface area contributed by atoms with Crippen LogP contribution >= 0.6 is 0 Å². The molecule has 0 unspecified atom stereocenters. The van der Waals surface area contributed by atoms with E-state index in [1.165, 1.54) is 4.68 Å². The second-order valence-corrected chi connectivity index (χ2v) is 4.24. The van der Waals surface area contributed by atoms with Crippen LogP contribution in [0, 0.1) is 18.6 Å². The van der Waals surface area contributed by atoms with Crippen LogP contribution in [0.3, 0.4) is 0 Å². The van der Waals surface area contributed by atoms with Gasteiger partial charge in [0.1, 0.15) is 11.6 Å². The number of carboxylic acid groups (broad SMARTS) is 1. The lowest BCUT2D eigenvalue weighted by atomic mass is 10.0. The minimum atomic E-state index is -1.02. The third-order valence-corrected chi connectivity index (χ3v) is 2.88. The molecule has 2 rings (SSSR count). The molecule has 0 amide bonds. The maximum atomic E-state index is 13.8. The summed E-state index contributed by atoms with van der Waals surface area (Å²) in [6, 6.07) is 3.14. The van der Waals surface area contributed by atoms with Gasteiger partial charge in [0, 0.05) is 12.6 Å². The van der Waals surface area contributed by atoms with E-state index < -0.39 is 17.6 Å². The lowest BCUT2D eigenvalue weighted by molar-refractivity contribution is -0.136. The van der Waals surface area contributed by atoms with E-state index in [4.69, 9.17) is 5.11 Å². The lowest BCUT2D eigenvalue weighted by Crippen LogP contribution is -2.02. The summed E-state index contributed by atoms with van der Waals surface area (Å²) in [6.07, 6.45) is -0.253. The molecule has 0 aliphatic heterocycles. The first-order valence-corrected chi connectivity index (χ1v) is 5.60. The van der Waals surface area contributed by atoms with Crippen molar-refractivity contribution in [1.82, 2.24) is 9.78 Å². The van der Waals surface area contributed by atoms with Gasteiger partial charge in [-0.2, -0.15) is 5.10 Å². The van der Waals surface area contributed by atoms with Crippen molar-refractivity contribution in [2.24, 2.45) is 7.05 Å². The fraction of sp³-hybridized carbons (Fsp3) is 0.231. The van der Waals surface area contributed by atoms with Gasteiger partial charge in [-0.15, -0.1) is 0 Å². The molecular weight excluding hydrogens is 254 g/mol. The molecule has 0 saturated carbocycles. The number of hydrogen-bond donors (Lipinski definition) is 1. The van der Waals surface area contributed by atoms with Crippen molar-refractivity contribution in [3.05, 3.63) is 41.1 Å². The van der Waals surface area contributed by atoms with Gasteiger partial charge in [0.25, 0.3) is 0 Å². The Bertz CT molecular complexity index is 650. The zero-order chi connectivity index (χ0) is 14.2. The minimum absolute atomic E-state index is 0.0733. The van der Waals surface area contributed by atoms with Crippen molar-refractivity contribution < 1.29 is 18.7 Å². The molecule has 100 valence electrons. The predicted molar refractivity (Wildman–Crippen MR) is 64.6 cm³/mol. The van der Waals surface area contributed by atoms with Gasteiger partial charge in [-0.05, 0) is 30.7 Å². The highest BCUT2D eigenvalue weighted by Gasteiger charge is 2.19. The fourth-order valence-corrected chi connectivity index (χ4v) is 2.05.